The first-order valence-electron chi connectivity index (χ1n) is 7.71. The Kier molecular flexibility index (Phi) is 5.74. The Morgan fingerprint density at radius 2 is 2.05 bits per heavy atom. The van der Waals surface area contributed by atoms with Crippen LogP contribution in [0.4, 0.5) is 5.69 Å². The number of nitro benzene ring substituents is 1. The summed E-state index contributed by atoms with van der Waals surface area (Å²) in [6, 6.07) is 4.87. The van der Waals surface area contributed by atoms with Gasteiger partial charge in [-0.1, -0.05) is 0 Å². The highest BCUT2D eigenvalue weighted by Gasteiger charge is 2.21. The van der Waals surface area contributed by atoms with Crippen LogP contribution in [0.3, 0.4) is 0 Å². The molecule has 0 radical (unpaired) electrons. The average Bonchev–Trinajstić information content (AvgIpc) is 2.42. The molecule has 0 N–H and O–H groups in total. The van der Waals surface area contributed by atoms with Crippen LogP contribution >= 0.6 is 0 Å². The van der Waals surface area contributed by atoms with Crippen molar-refractivity contribution in [1.82, 2.24) is 4.90 Å². The molecule has 6 nitrogen and oxygen atoms in total. The Bertz CT molecular complexity index is 511. The molecule has 1 saturated heterocycles. The number of nitro groups is 1. The normalized spacial score (nSPS) is 22.5. The number of ether oxygens (including phenoxy) is 2. The van der Waals surface area contributed by atoms with Gasteiger partial charge in [-0.3, -0.25) is 15.0 Å². The first kappa shape index (κ1) is 16.7. The molecule has 0 unspecified atom stereocenters. The van der Waals surface area contributed by atoms with E-state index in [0.29, 0.717) is 17.9 Å². The zero-order chi connectivity index (χ0) is 16.1. The predicted molar refractivity (Wildman–Crippen MR) is 84.4 cm³/mol. The molecule has 0 bridgehead atoms. The van der Waals surface area contributed by atoms with Gasteiger partial charge in [0, 0.05) is 31.3 Å². The Balaban J connectivity index is 1.75. The van der Waals surface area contributed by atoms with Gasteiger partial charge in [-0.05, 0) is 39.3 Å². The van der Waals surface area contributed by atoms with Gasteiger partial charge in [0.05, 0.1) is 23.7 Å². The smallest absolute Gasteiger partial charge is 0.272 e. The fourth-order valence-electron chi connectivity index (χ4n) is 2.87. The zero-order valence-corrected chi connectivity index (χ0v) is 13.4. The summed E-state index contributed by atoms with van der Waals surface area (Å²) in [4.78, 5) is 12.8. The summed E-state index contributed by atoms with van der Waals surface area (Å²) in [5.41, 5.74) is 0.752. The molecule has 2 atom stereocenters. The van der Waals surface area contributed by atoms with E-state index in [1.165, 1.54) is 6.07 Å². The van der Waals surface area contributed by atoms with Crippen molar-refractivity contribution in [2.75, 3.05) is 26.2 Å². The molecule has 2 rings (SSSR count). The minimum absolute atomic E-state index is 0.128. The molecule has 1 heterocycles. The quantitative estimate of drug-likeness (QED) is 0.459. The summed E-state index contributed by atoms with van der Waals surface area (Å²) in [6.07, 6.45) is 1.49. The molecule has 6 heteroatoms. The van der Waals surface area contributed by atoms with E-state index in [0.717, 1.165) is 26.1 Å². The SMILES string of the molecule is Cc1cc(OCCCN2C[C@H](C)O[C@@H](C)C2)ccc1[N+](=O)[O-]. The van der Waals surface area contributed by atoms with Crippen molar-refractivity contribution >= 4 is 5.69 Å². The second-order valence-electron chi connectivity index (χ2n) is 5.92. The van der Waals surface area contributed by atoms with Crippen molar-refractivity contribution in [3.05, 3.63) is 33.9 Å². The third-order valence-corrected chi connectivity index (χ3v) is 3.75. The molecule has 122 valence electrons. The number of rotatable bonds is 6. The van der Waals surface area contributed by atoms with E-state index in [-0.39, 0.29) is 22.8 Å². The lowest BCUT2D eigenvalue weighted by Crippen LogP contribution is -2.45. The summed E-state index contributed by atoms with van der Waals surface area (Å²) in [7, 11) is 0. The molecular formula is C16H24N2O4. The molecule has 0 aliphatic carbocycles. The van der Waals surface area contributed by atoms with Gasteiger partial charge in [0.25, 0.3) is 5.69 Å². The van der Waals surface area contributed by atoms with E-state index in [9.17, 15) is 10.1 Å². The maximum Gasteiger partial charge on any atom is 0.272 e. The molecule has 1 aromatic carbocycles. The highest BCUT2D eigenvalue weighted by molar-refractivity contribution is 5.44. The van der Waals surface area contributed by atoms with Crippen LogP contribution in [0.2, 0.25) is 0 Å². The molecule has 1 aliphatic heterocycles. The van der Waals surface area contributed by atoms with Crippen LogP contribution in [0.15, 0.2) is 18.2 Å². The molecule has 0 aromatic heterocycles. The maximum absolute atomic E-state index is 10.8. The van der Waals surface area contributed by atoms with Crippen LogP contribution in [0.5, 0.6) is 5.75 Å². The third kappa shape index (κ3) is 4.68. The highest BCUT2D eigenvalue weighted by Crippen LogP contribution is 2.23. The van der Waals surface area contributed by atoms with Crippen LogP contribution in [0.1, 0.15) is 25.8 Å². The lowest BCUT2D eigenvalue weighted by atomic mass is 10.2. The van der Waals surface area contributed by atoms with Crippen molar-refractivity contribution in [2.45, 2.75) is 39.4 Å². The van der Waals surface area contributed by atoms with E-state index in [4.69, 9.17) is 9.47 Å². The van der Waals surface area contributed by atoms with Crippen LogP contribution in [0, 0.1) is 17.0 Å². The van der Waals surface area contributed by atoms with Gasteiger partial charge in [-0.15, -0.1) is 0 Å². The Labute approximate surface area is 131 Å². The average molecular weight is 308 g/mol. The van der Waals surface area contributed by atoms with Gasteiger partial charge in [0.1, 0.15) is 5.75 Å². The lowest BCUT2D eigenvalue weighted by Gasteiger charge is -2.35. The molecule has 0 saturated carbocycles. The number of nitrogens with zero attached hydrogens (tertiary/aromatic N) is 2. The predicted octanol–water partition coefficient (Wildman–Crippen LogP) is 2.78. The first-order valence-corrected chi connectivity index (χ1v) is 7.71. The van der Waals surface area contributed by atoms with Gasteiger partial charge in [-0.2, -0.15) is 0 Å². The summed E-state index contributed by atoms with van der Waals surface area (Å²) < 4.78 is 11.4. The molecule has 1 aliphatic rings. The fraction of sp³-hybridized carbons (Fsp3) is 0.625. The number of morpholine rings is 1. The number of aryl methyl sites for hydroxylation is 1. The molecule has 0 amide bonds. The van der Waals surface area contributed by atoms with Crippen molar-refractivity contribution < 1.29 is 14.4 Å². The molecular weight excluding hydrogens is 284 g/mol. The Morgan fingerprint density at radius 3 is 2.64 bits per heavy atom. The Morgan fingerprint density at radius 1 is 1.36 bits per heavy atom. The zero-order valence-electron chi connectivity index (χ0n) is 13.4. The van der Waals surface area contributed by atoms with Crippen molar-refractivity contribution in [3.63, 3.8) is 0 Å². The first-order chi connectivity index (χ1) is 10.5. The summed E-state index contributed by atoms with van der Waals surface area (Å²) in [5.74, 6) is 0.687. The Hall–Kier alpha value is -1.66. The summed E-state index contributed by atoms with van der Waals surface area (Å²) in [6.45, 7) is 9.42. The highest BCUT2D eigenvalue weighted by atomic mass is 16.6. The summed E-state index contributed by atoms with van der Waals surface area (Å²) in [5, 5.41) is 10.8. The van der Waals surface area contributed by atoms with Crippen LogP contribution in [-0.2, 0) is 4.74 Å². The summed E-state index contributed by atoms with van der Waals surface area (Å²) >= 11 is 0. The number of hydrogen-bond acceptors (Lipinski definition) is 5. The van der Waals surface area contributed by atoms with Crippen LogP contribution in [-0.4, -0.2) is 48.3 Å². The lowest BCUT2D eigenvalue weighted by molar-refractivity contribution is -0.385. The van der Waals surface area contributed by atoms with Gasteiger partial charge in [0.15, 0.2) is 0 Å². The molecule has 1 fully saturated rings. The standard InChI is InChI=1S/C16H24N2O4/c1-12-9-15(5-6-16(12)18(19)20)21-8-4-7-17-10-13(2)22-14(3)11-17/h5-6,9,13-14H,4,7-8,10-11H2,1-3H3/t13-,14-/m0/s1. The van der Waals surface area contributed by atoms with Crippen molar-refractivity contribution in [1.29, 1.82) is 0 Å². The molecule has 0 spiro atoms. The van der Waals surface area contributed by atoms with E-state index in [2.05, 4.69) is 18.7 Å². The fourth-order valence-corrected chi connectivity index (χ4v) is 2.87. The number of hydrogen-bond donors (Lipinski definition) is 0. The second-order valence-corrected chi connectivity index (χ2v) is 5.92. The van der Waals surface area contributed by atoms with Gasteiger partial charge < -0.3 is 9.47 Å². The van der Waals surface area contributed by atoms with Crippen molar-refractivity contribution in [2.24, 2.45) is 0 Å². The van der Waals surface area contributed by atoms with Crippen LogP contribution in [0.25, 0.3) is 0 Å². The maximum atomic E-state index is 10.8. The van der Waals surface area contributed by atoms with E-state index in [1.54, 1.807) is 19.1 Å². The van der Waals surface area contributed by atoms with Gasteiger partial charge >= 0.3 is 0 Å². The monoisotopic (exact) mass is 308 g/mol. The van der Waals surface area contributed by atoms with E-state index in [1.807, 2.05) is 0 Å². The third-order valence-electron chi connectivity index (χ3n) is 3.75. The molecule has 1 aromatic rings. The van der Waals surface area contributed by atoms with E-state index < -0.39 is 0 Å². The van der Waals surface area contributed by atoms with Gasteiger partial charge in [0.2, 0.25) is 0 Å². The van der Waals surface area contributed by atoms with E-state index >= 15 is 0 Å². The largest absolute Gasteiger partial charge is 0.494 e. The van der Waals surface area contributed by atoms with Crippen molar-refractivity contribution in [3.8, 4) is 5.75 Å². The minimum Gasteiger partial charge on any atom is -0.494 e. The second kappa shape index (κ2) is 7.56. The van der Waals surface area contributed by atoms with Gasteiger partial charge in [-0.25, -0.2) is 0 Å². The van der Waals surface area contributed by atoms with Crippen LogP contribution < -0.4 is 4.74 Å². The molecule has 22 heavy (non-hydrogen) atoms. The number of benzene rings is 1. The topological polar surface area (TPSA) is 64.8 Å². The minimum atomic E-state index is -0.375.